The molecule has 0 aliphatic carbocycles. The molecule has 1 aromatic rings. The topological polar surface area (TPSA) is 63.7 Å². The lowest BCUT2D eigenvalue weighted by Crippen LogP contribution is -2.38. The van der Waals surface area contributed by atoms with Crippen LogP contribution in [0.5, 0.6) is 0 Å². The van der Waals surface area contributed by atoms with Crippen LogP contribution in [0.4, 0.5) is 5.69 Å². The Balaban J connectivity index is 2.80. The van der Waals surface area contributed by atoms with E-state index in [1.807, 2.05) is 0 Å². The van der Waals surface area contributed by atoms with Crippen LogP contribution in [-0.4, -0.2) is 28.0 Å². The second kappa shape index (κ2) is 5.13. The van der Waals surface area contributed by atoms with Crippen molar-refractivity contribution in [2.45, 2.75) is 6.92 Å². The van der Waals surface area contributed by atoms with Crippen molar-refractivity contribution in [3.63, 3.8) is 0 Å². The number of esters is 1. The molecule has 20 heavy (non-hydrogen) atoms. The Bertz CT molecular complexity index is 704. The van der Waals surface area contributed by atoms with Crippen LogP contribution in [0.2, 0.25) is 0 Å². The number of anilines is 1. The van der Waals surface area contributed by atoms with Crippen LogP contribution in [0.1, 0.15) is 12.5 Å². The molecule has 0 aromatic heterocycles. The van der Waals surface area contributed by atoms with E-state index < -0.39 is 16.0 Å². The van der Waals surface area contributed by atoms with Gasteiger partial charge in [0.1, 0.15) is 0 Å². The van der Waals surface area contributed by atoms with Gasteiger partial charge in [-0.2, -0.15) is 0 Å². The lowest BCUT2D eigenvalue weighted by molar-refractivity contribution is -0.135. The third-order valence-electron chi connectivity index (χ3n) is 3.13. The summed E-state index contributed by atoms with van der Waals surface area (Å²) in [7, 11) is -2.77. The summed E-state index contributed by atoms with van der Waals surface area (Å²) in [6.07, 6.45) is 1.48. The Hall–Kier alpha value is -2.08. The van der Waals surface area contributed by atoms with Gasteiger partial charge in [0.2, 0.25) is 0 Å². The fourth-order valence-corrected chi connectivity index (χ4v) is 3.96. The monoisotopic (exact) mass is 293 g/mol. The Kier molecular flexibility index (Phi) is 3.67. The van der Waals surface area contributed by atoms with E-state index in [1.54, 1.807) is 31.2 Å². The Morgan fingerprint density at radius 1 is 1.40 bits per heavy atom. The third kappa shape index (κ3) is 2.02. The van der Waals surface area contributed by atoms with E-state index in [0.717, 1.165) is 11.4 Å². The number of hydrogen-bond acceptors (Lipinski definition) is 4. The summed E-state index contributed by atoms with van der Waals surface area (Å²) < 4.78 is 31.0. The molecule has 1 aliphatic heterocycles. The van der Waals surface area contributed by atoms with Gasteiger partial charge in [-0.1, -0.05) is 24.3 Å². The minimum absolute atomic E-state index is 0.0904. The van der Waals surface area contributed by atoms with Crippen LogP contribution in [-0.2, 0) is 19.6 Å². The van der Waals surface area contributed by atoms with Crippen molar-refractivity contribution in [3.05, 3.63) is 47.4 Å². The van der Waals surface area contributed by atoms with Crippen molar-refractivity contribution in [1.29, 1.82) is 0 Å². The first-order chi connectivity index (χ1) is 9.45. The minimum Gasteiger partial charge on any atom is -0.465 e. The zero-order valence-corrected chi connectivity index (χ0v) is 12.1. The molecule has 2 rings (SSSR count). The normalized spacial score (nSPS) is 16.6. The van der Waals surface area contributed by atoms with Crippen LogP contribution in [0.3, 0.4) is 0 Å². The minimum atomic E-state index is -3.93. The Labute approximate surface area is 118 Å². The molecule has 0 spiro atoms. The standard InChI is InChI=1S/C14H15NO4S/c1-4-9-15-12-8-6-5-7-11(12)10(2)13(14(16)19-3)20(15,17)18/h4-8H,1,9H2,2-3H3. The van der Waals surface area contributed by atoms with E-state index in [9.17, 15) is 13.2 Å². The van der Waals surface area contributed by atoms with Crippen LogP contribution in [0, 0.1) is 0 Å². The number of methoxy groups -OCH3 is 1. The van der Waals surface area contributed by atoms with Gasteiger partial charge in [-0.3, -0.25) is 4.31 Å². The van der Waals surface area contributed by atoms with Gasteiger partial charge in [0.25, 0.3) is 10.0 Å². The molecule has 0 N–H and O–H groups in total. The molecule has 0 unspecified atom stereocenters. The summed E-state index contributed by atoms with van der Waals surface area (Å²) in [5, 5.41) is 0. The number of para-hydroxylation sites is 1. The van der Waals surface area contributed by atoms with E-state index in [1.165, 1.54) is 6.08 Å². The lowest BCUT2D eigenvalue weighted by atomic mass is 10.0. The average molecular weight is 293 g/mol. The Morgan fingerprint density at radius 2 is 2.05 bits per heavy atom. The Morgan fingerprint density at radius 3 is 2.65 bits per heavy atom. The number of benzene rings is 1. The number of nitrogens with zero attached hydrogens (tertiary/aromatic N) is 1. The zero-order valence-electron chi connectivity index (χ0n) is 11.3. The molecule has 106 valence electrons. The summed E-state index contributed by atoms with van der Waals surface area (Å²) in [5.74, 6) is -0.855. The quantitative estimate of drug-likeness (QED) is 0.631. The van der Waals surface area contributed by atoms with Crippen molar-refractivity contribution < 1.29 is 17.9 Å². The summed E-state index contributed by atoms with van der Waals surface area (Å²) in [5.41, 5.74) is 1.63. The molecule has 0 atom stereocenters. The van der Waals surface area contributed by atoms with Gasteiger partial charge in [-0.05, 0) is 18.6 Å². The fraction of sp³-hybridized carbons (Fsp3) is 0.214. The largest absolute Gasteiger partial charge is 0.465 e. The smallest absolute Gasteiger partial charge is 0.351 e. The number of ether oxygens (including phenoxy) is 1. The van der Waals surface area contributed by atoms with Gasteiger partial charge < -0.3 is 4.74 Å². The highest BCUT2D eigenvalue weighted by Crippen LogP contribution is 2.39. The summed E-state index contributed by atoms with van der Waals surface area (Å²) in [6, 6.07) is 7.02. The number of rotatable bonds is 3. The lowest BCUT2D eigenvalue weighted by Gasteiger charge is -2.31. The SMILES string of the molecule is C=CCN1c2ccccc2C(C)=C(C(=O)OC)S1(=O)=O. The first kappa shape index (κ1) is 14.3. The van der Waals surface area contributed by atoms with Crippen molar-refractivity contribution in [1.82, 2.24) is 0 Å². The molecule has 1 heterocycles. The van der Waals surface area contributed by atoms with E-state index in [-0.39, 0.29) is 11.4 Å². The summed E-state index contributed by atoms with van der Waals surface area (Å²) in [4.78, 5) is 11.5. The van der Waals surface area contributed by atoms with Gasteiger partial charge in [0.15, 0.2) is 4.91 Å². The van der Waals surface area contributed by atoms with E-state index in [2.05, 4.69) is 11.3 Å². The van der Waals surface area contributed by atoms with Crippen molar-refractivity contribution in [2.24, 2.45) is 0 Å². The van der Waals surface area contributed by atoms with Gasteiger partial charge in [0, 0.05) is 5.56 Å². The first-order valence-electron chi connectivity index (χ1n) is 5.97. The van der Waals surface area contributed by atoms with Crippen LogP contribution >= 0.6 is 0 Å². The molecule has 6 heteroatoms. The highest BCUT2D eigenvalue weighted by Gasteiger charge is 2.39. The second-order valence-electron chi connectivity index (χ2n) is 4.29. The van der Waals surface area contributed by atoms with Crippen LogP contribution < -0.4 is 4.31 Å². The number of allylic oxidation sites excluding steroid dienone is 1. The van der Waals surface area contributed by atoms with Crippen molar-refractivity contribution >= 4 is 27.3 Å². The number of carbonyl (C=O) groups is 1. The van der Waals surface area contributed by atoms with E-state index in [4.69, 9.17) is 0 Å². The third-order valence-corrected chi connectivity index (χ3v) is 5.05. The molecule has 1 aliphatic rings. The molecule has 5 nitrogen and oxygen atoms in total. The predicted molar refractivity (Wildman–Crippen MR) is 77.5 cm³/mol. The molecule has 0 radical (unpaired) electrons. The van der Waals surface area contributed by atoms with Gasteiger partial charge in [-0.15, -0.1) is 6.58 Å². The van der Waals surface area contributed by atoms with Gasteiger partial charge in [0.05, 0.1) is 19.3 Å². The van der Waals surface area contributed by atoms with Gasteiger partial charge in [-0.25, -0.2) is 13.2 Å². The molecule has 0 amide bonds. The molecule has 0 bridgehead atoms. The van der Waals surface area contributed by atoms with Gasteiger partial charge >= 0.3 is 5.97 Å². The van der Waals surface area contributed by atoms with E-state index >= 15 is 0 Å². The molecular weight excluding hydrogens is 278 g/mol. The maximum atomic E-state index is 12.6. The molecule has 0 saturated carbocycles. The number of carbonyl (C=O) groups excluding carboxylic acids is 1. The molecule has 0 fully saturated rings. The maximum Gasteiger partial charge on any atom is 0.351 e. The highest BCUT2D eigenvalue weighted by atomic mass is 32.2. The number of fused-ring (bicyclic) bond motifs is 1. The van der Waals surface area contributed by atoms with E-state index in [0.29, 0.717) is 16.8 Å². The predicted octanol–water partition coefficient (Wildman–Crippen LogP) is 1.93. The molecule has 0 saturated heterocycles. The summed E-state index contributed by atoms with van der Waals surface area (Å²) >= 11 is 0. The second-order valence-corrected chi connectivity index (χ2v) is 6.09. The summed E-state index contributed by atoms with van der Waals surface area (Å²) in [6.45, 7) is 5.26. The van der Waals surface area contributed by atoms with Crippen molar-refractivity contribution in [3.8, 4) is 0 Å². The average Bonchev–Trinajstić information content (AvgIpc) is 2.43. The zero-order chi connectivity index (χ0) is 14.9. The maximum absolute atomic E-state index is 12.6. The molecular formula is C14H15NO4S. The molecule has 1 aromatic carbocycles. The number of hydrogen-bond donors (Lipinski definition) is 0. The van der Waals surface area contributed by atoms with Crippen LogP contribution in [0.25, 0.3) is 5.57 Å². The van der Waals surface area contributed by atoms with Crippen LogP contribution in [0.15, 0.2) is 41.8 Å². The highest BCUT2D eigenvalue weighted by molar-refractivity contribution is 7.97. The number of sulfonamides is 1. The fourth-order valence-electron chi connectivity index (χ4n) is 2.23. The van der Waals surface area contributed by atoms with Crippen molar-refractivity contribution in [2.75, 3.05) is 18.0 Å². The first-order valence-corrected chi connectivity index (χ1v) is 7.41.